The number of nitrogens with two attached hydrogens (primary N) is 1. The van der Waals surface area contributed by atoms with Gasteiger partial charge >= 0.3 is 30.3 Å². The average Bonchev–Trinajstić information content (AvgIpc) is 3.82. The van der Waals surface area contributed by atoms with E-state index in [4.69, 9.17) is 38.8 Å². The van der Waals surface area contributed by atoms with Gasteiger partial charge in [0.2, 0.25) is 5.91 Å². The summed E-state index contributed by atoms with van der Waals surface area (Å²) in [5, 5.41) is 17.3. The monoisotopic (exact) mass is 934 g/mol. The van der Waals surface area contributed by atoms with Gasteiger partial charge in [0, 0.05) is 24.0 Å². The number of aryl methyl sites for hydroxylation is 2. The maximum Gasteiger partial charge on any atom is 0.437 e. The first-order chi connectivity index (χ1) is 30.0. The third-order valence-corrected chi connectivity index (χ3v) is 8.45. The highest BCUT2D eigenvalue weighted by molar-refractivity contribution is 5.86. The number of esters is 2. The van der Waals surface area contributed by atoms with Crippen LogP contribution in [0.5, 0.6) is 11.5 Å². The molecule has 0 radical (unpaired) electrons. The number of nitrogens with one attached hydrogen (secondary N) is 1. The molecule has 0 saturated heterocycles. The summed E-state index contributed by atoms with van der Waals surface area (Å²) < 4.78 is 109. The van der Waals surface area contributed by atoms with E-state index < -0.39 is 59.0 Å². The van der Waals surface area contributed by atoms with Crippen molar-refractivity contribution in [1.29, 1.82) is 0 Å². The number of hydrogen-bond donors (Lipinski definition) is 3. The molecule has 15 nitrogen and oxygen atoms in total. The number of fused-ring (bicyclic) bond motifs is 2. The zero-order chi connectivity index (χ0) is 49.5. The fourth-order valence-corrected chi connectivity index (χ4v) is 5.71. The van der Waals surface area contributed by atoms with Crippen LogP contribution in [0, 0.1) is 0 Å². The molecule has 2 aromatic carbocycles. The second-order valence-corrected chi connectivity index (χ2v) is 16.8. The molecular weight excluding hydrogens is 874 g/mol. The lowest BCUT2D eigenvalue weighted by atomic mass is 10.0. The Hall–Kier alpha value is -5.60. The molecule has 2 heterocycles. The summed E-state index contributed by atoms with van der Waals surface area (Å²) in [6.45, 7) is 17.9. The second-order valence-electron chi connectivity index (χ2n) is 16.8. The van der Waals surface area contributed by atoms with E-state index in [1.54, 1.807) is 34.6 Å². The minimum Gasteiger partial charge on any atom is -0.493 e. The maximum absolute atomic E-state index is 13.1. The molecule has 0 aliphatic heterocycles. The SMILES string of the molecule is CCCc1c(OCCCC(=O)N[C@@H](C)C(=O)OC(C)(C)C)ccc2c(C(F)(F)F)noc12.CCCc1c(OCCCC(=O)O)ccc2c(C(F)(F)F)noc12.C[C@H](N)C(=O)OC(C)(C)C. The molecule has 4 aromatic rings. The molecule has 0 spiro atoms. The number of benzene rings is 2. The molecule has 21 heteroatoms. The number of carbonyl (C=O) groups excluding carboxylic acids is 3. The number of carbonyl (C=O) groups is 4. The van der Waals surface area contributed by atoms with Crippen LogP contribution >= 0.6 is 0 Å². The number of aromatic nitrogens is 2. The van der Waals surface area contributed by atoms with Crippen molar-refractivity contribution < 1.29 is 78.6 Å². The van der Waals surface area contributed by atoms with Crippen molar-refractivity contribution >= 4 is 45.8 Å². The lowest BCUT2D eigenvalue weighted by Crippen LogP contribution is -2.42. The van der Waals surface area contributed by atoms with E-state index >= 15 is 0 Å². The molecule has 65 heavy (non-hydrogen) atoms. The van der Waals surface area contributed by atoms with Gasteiger partial charge in [-0.15, -0.1) is 0 Å². The van der Waals surface area contributed by atoms with E-state index in [0.717, 1.165) is 0 Å². The van der Waals surface area contributed by atoms with Crippen LogP contribution in [0.15, 0.2) is 33.3 Å². The van der Waals surface area contributed by atoms with Gasteiger partial charge in [-0.05, 0) is 105 Å². The Morgan fingerprint density at radius 1 is 0.692 bits per heavy atom. The number of ether oxygens (including phenoxy) is 4. The average molecular weight is 935 g/mol. The molecule has 2 atom stereocenters. The van der Waals surface area contributed by atoms with E-state index in [2.05, 4.69) is 15.6 Å². The van der Waals surface area contributed by atoms with Gasteiger partial charge in [0.1, 0.15) is 34.8 Å². The lowest BCUT2D eigenvalue weighted by Gasteiger charge is -2.22. The molecule has 1 amide bonds. The molecule has 2 aromatic heterocycles. The number of rotatable bonds is 17. The number of nitrogens with zero attached hydrogens (tertiary/aromatic N) is 2. The number of alkyl halides is 6. The summed E-state index contributed by atoms with van der Waals surface area (Å²) in [7, 11) is 0. The minimum atomic E-state index is -4.61. The first-order valence-electron chi connectivity index (χ1n) is 21.0. The van der Waals surface area contributed by atoms with Crippen LogP contribution in [0.2, 0.25) is 0 Å². The van der Waals surface area contributed by atoms with E-state index in [1.807, 2.05) is 34.6 Å². The molecule has 0 bridgehead atoms. The molecule has 364 valence electrons. The Morgan fingerprint density at radius 2 is 1.09 bits per heavy atom. The molecule has 4 rings (SSSR count). The summed E-state index contributed by atoms with van der Waals surface area (Å²) >= 11 is 0. The van der Waals surface area contributed by atoms with Crippen molar-refractivity contribution in [2.24, 2.45) is 5.73 Å². The van der Waals surface area contributed by atoms with Crippen molar-refractivity contribution in [3.63, 3.8) is 0 Å². The Morgan fingerprint density at radius 3 is 1.43 bits per heavy atom. The van der Waals surface area contributed by atoms with Crippen LogP contribution in [0.3, 0.4) is 0 Å². The van der Waals surface area contributed by atoms with Gasteiger partial charge in [0.25, 0.3) is 0 Å². The van der Waals surface area contributed by atoms with Gasteiger partial charge in [-0.1, -0.05) is 37.0 Å². The van der Waals surface area contributed by atoms with Crippen LogP contribution in [0.25, 0.3) is 21.9 Å². The first kappa shape index (κ1) is 55.5. The van der Waals surface area contributed by atoms with Gasteiger partial charge in [-0.3, -0.25) is 14.4 Å². The second kappa shape index (κ2) is 24.1. The van der Waals surface area contributed by atoms with Gasteiger partial charge in [0.15, 0.2) is 22.6 Å². The largest absolute Gasteiger partial charge is 0.493 e. The number of halogens is 6. The predicted octanol–water partition coefficient (Wildman–Crippen LogP) is 9.52. The smallest absolute Gasteiger partial charge is 0.437 e. The number of aliphatic carboxylic acids is 1. The zero-order valence-corrected chi connectivity index (χ0v) is 38.3. The van der Waals surface area contributed by atoms with Crippen LogP contribution < -0.4 is 20.5 Å². The normalized spacial score (nSPS) is 12.9. The van der Waals surface area contributed by atoms with Crippen molar-refractivity contribution in [2.75, 3.05) is 13.2 Å². The summed E-state index contributed by atoms with van der Waals surface area (Å²) in [6, 6.07) is 4.14. The Labute approximate surface area is 373 Å². The number of carboxylic acid groups (broad SMARTS) is 1. The first-order valence-corrected chi connectivity index (χ1v) is 21.0. The Balaban J connectivity index is 0.000000382. The lowest BCUT2D eigenvalue weighted by molar-refractivity contribution is -0.158. The highest BCUT2D eigenvalue weighted by atomic mass is 19.4. The fourth-order valence-electron chi connectivity index (χ4n) is 5.71. The summed E-state index contributed by atoms with van der Waals surface area (Å²) in [6.07, 6.45) is -6.19. The maximum atomic E-state index is 13.1. The van der Waals surface area contributed by atoms with Gasteiger partial charge < -0.3 is 44.2 Å². The summed E-state index contributed by atoms with van der Waals surface area (Å²) in [5.74, 6) is -1.34. The molecule has 0 saturated carbocycles. The highest BCUT2D eigenvalue weighted by Gasteiger charge is 2.39. The van der Waals surface area contributed by atoms with Crippen molar-refractivity contribution in [3.05, 3.63) is 46.8 Å². The van der Waals surface area contributed by atoms with Gasteiger partial charge in [0.05, 0.1) is 24.0 Å². The Bertz CT molecular complexity index is 2190. The zero-order valence-electron chi connectivity index (χ0n) is 38.3. The Kier molecular flexibility index (Phi) is 20.6. The summed E-state index contributed by atoms with van der Waals surface area (Å²) in [5.41, 5.74) is 3.23. The number of hydrogen-bond acceptors (Lipinski definition) is 13. The molecule has 0 unspecified atom stereocenters. The third kappa shape index (κ3) is 18.4. The fraction of sp³-hybridized carbons (Fsp3) is 0.591. The van der Waals surface area contributed by atoms with E-state index in [1.165, 1.54) is 24.3 Å². The van der Waals surface area contributed by atoms with Crippen LogP contribution in [0.4, 0.5) is 26.3 Å². The van der Waals surface area contributed by atoms with Gasteiger partial charge in [-0.2, -0.15) is 26.3 Å². The summed E-state index contributed by atoms with van der Waals surface area (Å²) in [4.78, 5) is 45.3. The van der Waals surface area contributed by atoms with Crippen molar-refractivity contribution in [1.82, 2.24) is 15.6 Å². The van der Waals surface area contributed by atoms with Crippen LogP contribution in [-0.2, 0) is 53.8 Å². The molecule has 0 aliphatic carbocycles. The van der Waals surface area contributed by atoms with Crippen LogP contribution in [0.1, 0.15) is 130 Å². The topological polar surface area (TPSA) is 216 Å². The number of carboxylic acids is 1. The van der Waals surface area contributed by atoms with Crippen LogP contribution in [-0.4, -0.2) is 75.7 Å². The van der Waals surface area contributed by atoms with Crippen molar-refractivity contribution in [3.8, 4) is 11.5 Å². The standard InChI is InChI=1S/C22H29F3N2O5.C15H16F3NO4.C7H15NO2/c1-6-8-14-16(11-10-15-18(14)32-27-19(15)22(23,24)25)30-12-7-9-17(28)26-13(2)20(29)31-21(3,4)5;1-2-4-9-11(22-8-3-5-12(20)21)7-6-10-13(9)23-19-14(10)15(16,17)18;1-5(8)6(9)10-7(2,3)4/h10-11,13H,6-9,12H2,1-5H3,(H,26,28);6-7H,2-5,8H2,1H3,(H,20,21);5H,8H2,1-4H3/t13-;;5-/m0.0/s1. The van der Waals surface area contributed by atoms with Crippen molar-refractivity contribution in [2.45, 2.75) is 156 Å². The van der Waals surface area contributed by atoms with Gasteiger partial charge in [-0.25, -0.2) is 4.79 Å². The minimum absolute atomic E-state index is 0.0358. The predicted molar refractivity (Wildman–Crippen MR) is 226 cm³/mol. The molecule has 0 fully saturated rings. The third-order valence-electron chi connectivity index (χ3n) is 8.45. The van der Waals surface area contributed by atoms with E-state index in [-0.39, 0.29) is 59.9 Å². The highest BCUT2D eigenvalue weighted by Crippen LogP contribution is 2.39. The van der Waals surface area contributed by atoms with E-state index in [0.29, 0.717) is 61.2 Å². The molecular formula is C44H60F6N4O11. The van der Waals surface area contributed by atoms with E-state index in [9.17, 15) is 45.5 Å². The quantitative estimate of drug-likeness (QED) is 0.0511. The molecule has 4 N–H and O–H groups in total. The number of amides is 1. The molecule has 0 aliphatic rings.